The maximum atomic E-state index is 3.27. The smallest absolute Gasteiger partial charge is 0.0334 e. The van der Waals surface area contributed by atoms with Gasteiger partial charge in [-0.25, -0.2) is 0 Å². The van der Waals surface area contributed by atoms with Gasteiger partial charge in [-0.15, -0.1) is 0 Å². The molecule has 1 nitrogen and oxygen atoms in total. The first kappa shape index (κ1) is 20.7. The zero-order valence-electron chi connectivity index (χ0n) is 19.9. The molecule has 1 heterocycles. The standard InChI is InChI=1S/C35H25N/c1-2-8-24(9-3-1)27-20-28(25-16-18-36-19-17-25)22-29(21-27)26-14-15-34-32-12-5-4-10-30(32)31-11-6-7-13-33(31)35(34)23-26/h1-18,20-23,36H,19H2. The highest BCUT2D eigenvalue weighted by atomic mass is 14.8. The monoisotopic (exact) mass is 459 g/mol. The fourth-order valence-corrected chi connectivity index (χ4v) is 5.51. The first-order valence-electron chi connectivity index (χ1n) is 12.5. The van der Waals surface area contributed by atoms with Crippen LogP contribution in [0.3, 0.4) is 0 Å². The van der Waals surface area contributed by atoms with Crippen molar-refractivity contribution in [3.63, 3.8) is 0 Å². The van der Waals surface area contributed by atoms with E-state index in [0.29, 0.717) is 0 Å². The van der Waals surface area contributed by atoms with Gasteiger partial charge in [0.15, 0.2) is 0 Å². The van der Waals surface area contributed by atoms with Gasteiger partial charge in [-0.3, -0.25) is 0 Å². The molecule has 0 spiro atoms. The van der Waals surface area contributed by atoms with Crippen molar-refractivity contribution in [3.05, 3.63) is 139 Å². The van der Waals surface area contributed by atoms with Crippen molar-refractivity contribution < 1.29 is 0 Å². The summed E-state index contributed by atoms with van der Waals surface area (Å²) < 4.78 is 0. The van der Waals surface area contributed by atoms with Gasteiger partial charge >= 0.3 is 0 Å². The van der Waals surface area contributed by atoms with E-state index < -0.39 is 0 Å². The fourth-order valence-electron chi connectivity index (χ4n) is 5.51. The molecule has 0 unspecified atom stereocenters. The second-order valence-electron chi connectivity index (χ2n) is 9.42. The fraction of sp³-hybridized carbons (Fsp3) is 0.0286. The Kier molecular flexibility index (Phi) is 4.92. The molecule has 0 fully saturated rings. The summed E-state index contributed by atoms with van der Waals surface area (Å²) in [6.07, 6.45) is 6.46. The molecule has 6 aromatic rings. The van der Waals surface area contributed by atoms with E-state index >= 15 is 0 Å². The Morgan fingerprint density at radius 3 is 1.61 bits per heavy atom. The first-order chi connectivity index (χ1) is 17.8. The highest BCUT2D eigenvalue weighted by molar-refractivity contribution is 6.25. The molecular weight excluding hydrogens is 434 g/mol. The number of hydrogen-bond acceptors (Lipinski definition) is 1. The molecule has 1 N–H and O–H groups in total. The van der Waals surface area contributed by atoms with Gasteiger partial charge in [0, 0.05) is 6.54 Å². The first-order valence-corrected chi connectivity index (χ1v) is 12.5. The molecule has 1 heteroatoms. The van der Waals surface area contributed by atoms with Gasteiger partial charge in [0.2, 0.25) is 0 Å². The average Bonchev–Trinajstić information content (AvgIpc) is 2.98. The minimum absolute atomic E-state index is 0.853. The second kappa shape index (κ2) is 8.55. The Balaban J connectivity index is 1.49. The third-order valence-corrected chi connectivity index (χ3v) is 7.27. The van der Waals surface area contributed by atoms with Crippen LogP contribution in [0.2, 0.25) is 0 Å². The molecule has 0 bridgehead atoms. The lowest BCUT2D eigenvalue weighted by atomic mass is 9.89. The molecule has 170 valence electrons. The molecule has 7 rings (SSSR count). The van der Waals surface area contributed by atoms with Crippen LogP contribution in [0.4, 0.5) is 0 Å². The Labute approximate surface area is 211 Å². The van der Waals surface area contributed by atoms with E-state index in [1.165, 1.54) is 65.7 Å². The summed E-state index contributed by atoms with van der Waals surface area (Å²) in [7, 11) is 0. The van der Waals surface area contributed by atoms with E-state index in [0.717, 1.165) is 6.54 Å². The van der Waals surface area contributed by atoms with Gasteiger partial charge in [-0.2, -0.15) is 0 Å². The van der Waals surface area contributed by atoms with Crippen LogP contribution < -0.4 is 5.32 Å². The van der Waals surface area contributed by atoms with Gasteiger partial charge in [0.05, 0.1) is 0 Å². The van der Waals surface area contributed by atoms with Crippen LogP contribution in [-0.4, -0.2) is 6.54 Å². The number of dihydropyridines is 1. The van der Waals surface area contributed by atoms with E-state index in [1.54, 1.807) is 0 Å². The number of allylic oxidation sites excluding steroid dienone is 2. The van der Waals surface area contributed by atoms with Gasteiger partial charge in [0.1, 0.15) is 0 Å². The number of benzene rings is 6. The van der Waals surface area contributed by atoms with Crippen molar-refractivity contribution in [3.8, 4) is 22.3 Å². The van der Waals surface area contributed by atoms with Crippen LogP contribution in [0.1, 0.15) is 5.56 Å². The van der Waals surface area contributed by atoms with Crippen LogP contribution in [0.5, 0.6) is 0 Å². The molecule has 36 heavy (non-hydrogen) atoms. The quantitative estimate of drug-likeness (QED) is 0.260. The number of rotatable bonds is 3. The van der Waals surface area contributed by atoms with Crippen molar-refractivity contribution in [1.82, 2.24) is 5.32 Å². The maximum Gasteiger partial charge on any atom is 0.0334 e. The summed E-state index contributed by atoms with van der Waals surface area (Å²) in [6.45, 7) is 0.853. The van der Waals surface area contributed by atoms with Crippen LogP contribution in [0, 0.1) is 0 Å². The predicted octanol–water partition coefficient (Wildman–Crippen LogP) is 8.98. The highest BCUT2D eigenvalue weighted by Crippen LogP contribution is 2.38. The Morgan fingerprint density at radius 1 is 0.417 bits per heavy atom. The molecule has 0 radical (unpaired) electrons. The minimum atomic E-state index is 0.853. The zero-order valence-corrected chi connectivity index (χ0v) is 19.9. The summed E-state index contributed by atoms with van der Waals surface area (Å²) >= 11 is 0. The van der Waals surface area contributed by atoms with Crippen LogP contribution in [-0.2, 0) is 0 Å². The maximum absolute atomic E-state index is 3.27. The van der Waals surface area contributed by atoms with Gasteiger partial charge < -0.3 is 5.32 Å². The van der Waals surface area contributed by atoms with Crippen LogP contribution in [0.15, 0.2) is 134 Å². The topological polar surface area (TPSA) is 12.0 Å². The molecule has 1 aliphatic heterocycles. The average molecular weight is 460 g/mol. The molecule has 0 aliphatic carbocycles. The lowest BCUT2D eigenvalue weighted by Crippen LogP contribution is -2.08. The Morgan fingerprint density at radius 2 is 0.972 bits per heavy atom. The highest BCUT2D eigenvalue weighted by Gasteiger charge is 2.12. The molecule has 0 saturated carbocycles. The molecular formula is C35H25N. The Bertz CT molecular complexity index is 1790. The number of fused-ring (bicyclic) bond motifs is 6. The summed E-state index contributed by atoms with van der Waals surface area (Å²) in [5.74, 6) is 0. The normalized spacial score (nSPS) is 13.2. The summed E-state index contributed by atoms with van der Waals surface area (Å²) in [4.78, 5) is 0. The SMILES string of the molecule is C1=CC(c2cc(-c3ccccc3)cc(-c3ccc4c5ccccc5c5ccccc5c4c3)c2)=CCN1. The third kappa shape index (κ3) is 3.49. The van der Waals surface area contributed by atoms with Crippen molar-refractivity contribution >= 4 is 37.9 Å². The third-order valence-electron chi connectivity index (χ3n) is 7.27. The zero-order chi connectivity index (χ0) is 23.9. The van der Waals surface area contributed by atoms with Crippen LogP contribution >= 0.6 is 0 Å². The molecule has 0 amide bonds. The van der Waals surface area contributed by atoms with Gasteiger partial charge in [-0.1, -0.05) is 97.1 Å². The predicted molar refractivity (Wildman–Crippen MR) is 155 cm³/mol. The summed E-state index contributed by atoms with van der Waals surface area (Å²) in [6, 6.07) is 42.1. The lowest BCUT2D eigenvalue weighted by molar-refractivity contribution is 0.976. The molecule has 1 aliphatic rings. The van der Waals surface area contributed by atoms with E-state index in [4.69, 9.17) is 0 Å². The molecule has 0 aromatic heterocycles. The van der Waals surface area contributed by atoms with Crippen molar-refractivity contribution in [2.24, 2.45) is 0 Å². The second-order valence-corrected chi connectivity index (χ2v) is 9.42. The van der Waals surface area contributed by atoms with E-state index in [-0.39, 0.29) is 0 Å². The van der Waals surface area contributed by atoms with E-state index in [1.807, 2.05) is 6.20 Å². The molecule has 0 atom stereocenters. The van der Waals surface area contributed by atoms with E-state index in [9.17, 15) is 0 Å². The van der Waals surface area contributed by atoms with E-state index in [2.05, 4.69) is 133 Å². The summed E-state index contributed by atoms with van der Waals surface area (Å²) in [5, 5.41) is 11.1. The van der Waals surface area contributed by atoms with Crippen molar-refractivity contribution in [1.29, 1.82) is 0 Å². The number of nitrogens with one attached hydrogen (secondary N) is 1. The van der Waals surface area contributed by atoms with Crippen molar-refractivity contribution in [2.45, 2.75) is 0 Å². The van der Waals surface area contributed by atoms with Gasteiger partial charge in [0.25, 0.3) is 0 Å². The molecule has 0 saturated heterocycles. The largest absolute Gasteiger partial charge is 0.387 e. The summed E-state index contributed by atoms with van der Waals surface area (Å²) in [5.41, 5.74) is 7.44. The van der Waals surface area contributed by atoms with Gasteiger partial charge in [-0.05, 0) is 102 Å². The minimum Gasteiger partial charge on any atom is -0.387 e. The number of hydrogen-bond donors (Lipinski definition) is 1. The Hall–Kier alpha value is -4.62. The molecule has 6 aromatic carbocycles. The lowest BCUT2D eigenvalue weighted by Gasteiger charge is -2.15. The van der Waals surface area contributed by atoms with Crippen molar-refractivity contribution in [2.75, 3.05) is 6.54 Å². The van der Waals surface area contributed by atoms with Crippen LogP contribution in [0.25, 0.3) is 60.1 Å².